The Morgan fingerprint density at radius 3 is 1.98 bits per heavy atom. The zero-order chi connectivity index (χ0) is 30.5. The maximum atomic E-state index is 6.58. The number of hydrogen-bond acceptors (Lipinski definition) is 4. The number of benzene rings is 7. The molecule has 0 unspecified atom stereocenters. The predicted octanol–water partition coefficient (Wildman–Crippen LogP) is 12.7. The van der Waals surface area contributed by atoms with Crippen LogP contribution in [0.15, 0.2) is 184 Å². The highest BCUT2D eigenvalue weighted by Gasteiger charge is 2.27. The number of anilines is 6. The lowest BCUT2D eigenvalue weighted by Crippen LogP contribution is -2.16. The molecule has 4 heteroatoms. The van der Waals surface area contributed by atoms with Gasteiger partial charge in [-0.3, -0.25) is 0 Å². The molecular weight excluding hydrogens is 581 g/mol. The summed E-state index contributed by atoms with van der Waals surface area (Å²) in [6.45, 7) is 0. The van der Waals surface area contributed by atoms with Gasteiger partial charge in [0.05, 0.1) is 17.1 Å². The molecule has 7 aromatic carbocycles. The van der Waals surface area contributed by atoms with Gasteiger partial charge >= 0.3 is 0 Å². The molecule has 1 aromatic heterocycles. The topological polar surface area (TPSA) is 19.6 Å². The second kappa shape index (κ2) is 11.0. The third-order valence-electron chi connectivity index (χ3n) is 8.64. The largest absolute Gasteiger partial charge is 0.454 e. The first kappa shape index (κ1) is 26.7. The first-order valence-corrected chi connectivity index (χ1v) is 16.3. The molecule has 0 spiro atoms. The van der Waals surface area contributed by atoms with Crippen LogP contribution in [0.2, 0.25) is 0 Å². The Morgan fingerprint density at radius 1 is 0.478 bits per heavy atom. The standard InChI is InChI=1S/C42H28N2OS/c1-3-12-29(13-4-1)30-22-24-32(25-23-30)43(38-19-11-17-35-34-16-7-9-20-39(34)45-42(35)38)33-26-27-37-41(28-33)46-40-21-10-8-18-36(40)44(37)31-14-5-2-6-15-31/h1-28H. The highest BCUT2D eigenvalue weighted by Crippen LogP contribution is 2.53. The molecule has 0 saturated carbocycles. The third kappa shape index (κ3) is 4.46. The fourth-order valence-electron chi connectivity index (χ4n) is 6.51. The molecule has 0 saturated heterocycles. The maximum Gasteiger partial charge on any atom is 0.159 e. The average molecular weight is 609 g/mol. The molecule has 46 heavy (non-hydrogen) atoms. The molecule has 8 aromatic rings. The number of fused-ring (bicyclic) bond motifs is 5. The van der Waals surface area contributed by atoms with Gasteiger partial charge in [-0.1, -0.05) is 115 Å². The zero-order valence-electron chi connectivity index (χ0n) is 24.9. The molecular formula is C42H28N2OS. The molecule has 0 amide bonds. The third-order valence-corrected chi connectivity index (χ3v) is 9.75. The van der Waals surface area contributed by atoms with E-state index in [0.717, 1.165) is 44.7 Å². The minimum absolute atomic E-state index is 0.873. The van der Waals surface area contributed by atoms with Gasteiger partial charge in [0, 0.05) is 37.6 Å². The van der Waals surface area contributed by atoms with Crippen molar-refractivity contribution in [3.05, 3.63) is 170 Å². The Morgan fingerprint density at radius 2 is 1.13 bits per heavy atom. The summed E-state index contributed by atoms with van der Waals surface area (Å²) in [5.74, 6) is 0. The number of rotatable bonds is 5. The van der Waals surface area contributed by atoms with Gasteiger partial charge in [0.15, 0.2) is 5.58 Å². The van der Waals surface area contributed by atoms with E-state index in [0.29, 0.717) is 0 Å². The van der Waals surface area contributed by atoms with Gasteiger partial charge in [0.2, 0.25) is 0 Å². The van der Waals surface area contributed by atoms with Crippen LogP contribution >= 0.6 is 11.8 Å². The summed E-state index contributed by atoms with van der Waals surface area (Å²) >= 11 is 1.82. The second-order valence-corrected chi connectivity index (χ2v) is 12.5. The molecule has 3 nitrogen and oxygen atoms in total. The van der Waals surface area contributed by atoms with Crippen LogP contribution in [0.3, 0.4) is 0 Å². The van der Waals surface area contributed by atoms with Gasteiger partial charge in [0.25, 0.3) is 0 Å². The van der Waals surface area contributed by atoms with Crippen molar-refractivity contribution < 1.29 is 4.42 Å². The van der Waals surface area contributed by atoms with E-state index in [4.69, 9.17) is 4.42 Å². The van der Waals surface area contributed by atoms with Gasteiger partial charge in [-0.25, -0.2) is 0 Å². The number of furan rings is 1. The molecule has 0 fully saturated rings. The fourth-order valence-corrected chi connectivity index (χ4v) is 7.60. The molecule has 0 radical (unpaired) electrons. The van der Waals surface area contributed by atoms with Crippen molar-refractivity contribution in [2.24, 2.45) is 0 Å². The van der Waals surface area contributed by atoms with E-state index in [1.54, 1.807) is 0 Å². The Balaban J connectivity index is 1.23. The van der Waals surface area contributed by atoms with Crippen LogP contribution in [-0.2, 0) is 0 Å². The monoisotopic (exact) mass is 608 g/mol. The summed E-state index contributed by atoms with van der Waals surface area (Å²) in [6.07, 6.45) is 0. The Hall–Kier alpha value is -5.71. The van der Waals surface area contributed by atoms with Gasteiger partial charge < -0.3 is 14.2 Å². The van der Waals surface area contributed by atoms with E-state index in [9.17, 15) is 0 Å². The van der Waals surface area contributed by atoms with Gasteiger partial charge in [-0.2, -0.15) is 0 Å². The predicted molar refractivity (Wildman–Crippen MR) is 193 cm³/mol. The summed E-state index contributed by atoms with van der Waals surface area (Å²) in [5, 5.41) is 2.23. The summed E-state index contributed by atoms with van der Waals surface area (Å²) < 4.78 is 6.58. The zero-order valence-corrected chi connectivity index (χ0v) is 25.7. The molecule has 1 aliphatic rings. The summed E-state index contributed by atoms with van der Waals surface area (Å²) in [7, 11) is 0. The van der Waals surface area contributed by atoms with Crippen molar-refractivity contribution in [1.82, 2.24) is 0 Å². The lowest BCUT2D eigenvalue weighted by Gasteiger charge is -2.34. The second-order valence-electron chi connectivity index (χ2n) is 11.4. The Labute approximate surface area is 272 Å². The van der Waals surface area contributed by atoms with Gasteiger partial charge in [-0.05, 0) is 77.9 Å². The normalized spacial score (nSPS) is 12.2. The van der Waals surface area contributed by atoms with Gasteiger partial charge in [-0.15, -0.1) is 0 Å². The van der Waals surface area contributed by atoms with Crippen molar-refractivity contribution in [3.8, 4) is 11.1 Å². The average Bonchev–Trinajstić information content (AvgIpc) is 3.51. The fraction of sp³-hybridized carbons (Fsp3) is 0. The molecule has 9 rings (SSSR count). The first-order chi connectivity index (χ1) is 22.8. The molecule has 2 heterocycles. The van der Waals surface area contributed by atoms with Crippen LogP contribution in [-0.4, -0.2) is 0 Å². The van der Waals surface area contributed by atoms with Crippen LogP contribution in [0.25, 0.3) is 33.1 Å². The molecule has 1 aliphatic heterocycles. The Bertz CT molecular complexity index is 2350. The van der Waals surface area contributed by atoms with Crippen molar-refractivity contribution >= 4 is 67.8 Å². The van der Waals surface area contributed by atoms with E-state index in [1.807, 2.05) is 23.9 Å². The molecule has 0 bridgehead atoms. The first-order valence-electron chi connectivity index (χ1n) is 15.4. The van der Waals surface area contributed by atoms with Crippen molar-refractivity contribution in [2.75, 3.05) is 9.80 Å². The smallest absolute Gasteiger partial charge is 0.159 e. The molecule has 0 N–H and O–H groups in total. The lowest BCUT2D eigenvalue weighted by atomic mass is 10.0. The van der Waals surface area contributed by atoms with E-state index >= 15 is 0 Å². The quantitative estimate of drug-likeness (QED) is 0.194. The van der Waals surface area contributed by atoms with Crippen molar-refractivity contribution in [3.63, 3.8) is 0 Å². The molecule has 0 atom stereocenters. The number of para-hydroxylation sites is 4. The Kier molecular flexibility index (Phi) is 6.39. The minimum atomic E-state index is 0.873. The van der Waals surface area contributed by atoms with E-state index < -0.39 is 0 Å². The lowest BCUT2D eigenvalue weighted by molar-refractivity contribution is 0.669. The number of nitrogens with zero attached hydrogens (tertiary/aromatic N) is 2. The van der Waals surface area contributed by atoms with Crippen LogP contribution in [0.5, 0.6) is 0 Å². The van der Waals surface area contributed by atoms with Crippen molar-refractivity contribution in [2.45, 2.75) is 9.79 Å². The van der Waals surface area contributed by atoms with E-state index in [2.05, 4.69) is 168 Å². The summed E-state index contributed by atoms with van der Waals surface area (Å²) in [5.41, 5.74) is 10.8. The number of hydrogen-bond donors (Lipinski definition) is 0. The van der Waals surface area contributed by atoms with Crippen LogP contribution in [0.1, 0.15) is 0 Å². The molecule has 0 aliphatic carbocycles. The molecule has 218 valence electrons. The minimum Gasteiger partial charge on any atom is -0.454 e. The van der Waals surface area contributed by atoms with Crippen molar-refractivity contribution in [1.29, 1.82) is 0 Å². The van der Waals surface area contributed by atoms with Crippen LogP contribution in [0.4, 0.5) is 34.1 Å². The van der Waals surface area contributed by atoms with E-state index in [-0.39, 0.29) is 0 Å². The summed E-state index contributed by atoms with van der Waals surface area (Å²) in [6, 6.07) is 60.1. The highest BCUT2D eigenvalue weighted by molar-refractivity contribution is 7.99. The van der Waals surface area contributed by atoms with E-state index in [1.165, 1.54) is 32.3 Å². The van der Waals surface area contributed by atoms with Crippen LogP contribution < -0.4 is 9.80 Å². The highest BCUT2D eigenvalue weighted by atomic mass is 32.2. The van der Waals surface area contributed by atoms with Gasteiger partial charge in [0.1, 0.15) is 5.58 Å². The maximum absolute atomic E-state index is 6.58. The summed E-state index contributed by atoms with van der Waals surface area (Å²) in [4.78, 5) is 7.12. The SMILES string of the molecule is c1ccc(-c2ccc(N(c3ccc4c(c3)Sc3ccccc3N4c3ccccc3)c3cccc4c3oc3ccccc34)cc2)cc1. The van der Waals surface area contributed by atoms with Crippen LogP contribution in [0, 0.1) is 0 Å².